The highest BCUT2D eigenvalue weighted by Crippen LogP contribution is 2.16. The number of benzene rings is 1. The van der Waals surface area contributed by atoms with E-state index < -0.39 is 0 Å². The van der Waals surface area contributed by atoms with E-state index in [4.69, 9.17) is 0 Å². The summed E-state index contributed by atoms with van der Waals surface area (Å²) >= 11 is 0. The van der Waals surface area contributed by atoms with Crippen LogP contribution in [0.3, 0.4) is 0 Å². The smallest absolute Gasteiger partial charge is 0.224 e. The lowest BCUT2D eigenvalue weighted by molar-refractivity contribution is -0.121. The van der Waals surface area contributed by atoms with Crippen molar-refractivity contribution in [2.24, 2.45) is 0 Å². The Morgan fingerprint density at radius 3 is 3.00 bits per heavy atom. The van der Waals surface area contributed by atoms with Crippen molar-refractivity contribution in [1.29, 1.82) is 0 Å². The molecule has 0 spiro atoms. The molecule has 1 unspecified atom stereocenters. The summed E-state index contributed by atoms with van der Waals surface area (Å²) in [7, 11) is 0. The molecule has 3 N–H and O–H groups in total. The first-order chi connectivity index (χ1) is 8.25. The molecule has 0 saturated carbocycles. The van der Waals surface area contributed by atoms with Gasteiger partial charge in [-0.15, -0.1) is 0 Å². The van der Waals surface area contributed by atoms with E-state index in [9.17, 15) is 9.90 Å². The molecule has 1 atom stereocenters. The van der Waals surface area contributed by atoms with Gasteiger partial charge in [-0.25, -0.2) is 0 Å². The van der Waals surface area contributed by atoms with Crippen LogP contribution in [0.25, 0.3) is 0 Å². The Kier molecular flexibility index (Phi) is 3.98. The van der Waals surface area contributed by atoms with Gasteiger partial charge >= 0.3 is 0 Å². The number of carbonyl (C=O) groups excluding carboxylic acids is 1. The van der Waals surface area contributed by atoms with Gasteiger partial charge in [-0.1, -0.05) is 18.2 Å². The number of rotatable bonds is 3. The summed E-state index contributed by atoms with van der Waals surface area (Å²) in [6.07, 6.45) is 2.37. The lowest BCUT2D eigenvalue weighted by Crippen LogP contribution is -2.46. The maximum absolute atomic E-state index is 11.8. The van der Waals surface area contributed by atoms with E-state index in [0.29, 0.717) is 5.56 Å². The van der Waals surface area contributed by atoms with Gasteiger partial charge in [-0.05, 0) is 25.5 Å². The van der Waals surface area contributed by atoms with E-state index in [1.807, 2.05) is 6.07 Å². The van der Waals surface area contributed by atoms with E-state index in [-0.39, 0.29) is 24.1 Å². The summed E-state index contributed by atoms with van der Waals surface area (Å²) in [5, 5.41) is 15.8. The molecule has 1 fully saturated rings. The van der Waals surface area contributed by atoms with Crippen LogP contribution in [0.4, 0.5) is 0 Å². The van der Waals surface area contributed by atoms with E-state index in [1.165, 1.54) is 0 Å². The van der Waals surface area contributed by atoms with Crippen LogP contribution < -0.4 is 10.6 Å². The first-order valence-corrected chi connectivity index (χ1v) is 6.02. The zero-order valence-corrected chi connectivity index (χ0v) is 9.78. The molecule has 0 aromatic heterocycles. The second-order valence-corrected chi connectivity index (χ2v) is 4.42. The van der Waals surface area contributed by atoms with Crippen LogP contribution in [0, 0.1) is 0 Å². The summed E-state index contributed by atoms with van der Waals surface area (Å²) in [4.78, 5) is 11.8. The molecule has 1 aliphatic rings. The summed E-state index contributed by atoms with van der Waals surface area (Å²) < 4.78 is 0. The number of phenolic OH excluding ortho intramolecular Hbond substituents is 1. The van der Waals surface area contributed by atoms with Gasteiger partial charge in [0.2, 0.25) is 5.91 Å². The molecule has 1 aliphatic heterocycles. The van der Waals surface area contributed by atoms with Gasteiger partial charge in [0.05, 0.1) is 6.42 Å². The second-order valence-electron chi connectivity index (χ2n) is 4.42. The lowest BCUT2D eigenvalue weighted by atomic mass is 10.1. The molecule has 4 nitrogen and oxygen atoms in total. The SMILES string of the molecule is O=C(Cc1ccccc1O)NC1CCCNC1. The summed E-state index contributed by atoms with van der Waals surface area (Å²) in [6.45, 7) is 1.87. The van der Waals surface area contributed by atoms with Crippen molar-refractivity contribution in [3.63, 3.8) is 0 Å². The van der Waals surface area contributed by atoms with Crippen LogP contribution in [0.5, 0.6) is 5.75 Å². The van der Waals surface area contributed by atoms with E-state index >= 15 is 0 Å². The predicted molar refractivity (Wildman–Crippen MR) is 65.8 cm³/mol. The Labute approximate surface area is 101 Å². The van der Waals surface area contributed by atoms with Gasteiger partial charge < -0.3 is 15.7 Å². The quantitative estimate of drug-likeness (QED) is 0.725. The minimum Gasteiger partial charge on any atom is -0.508 e. The van der Waals surface area contributed by atoms with Crippen LogP contribution in [0.2, 0.25) is 0 Å². The number of nitrogens with one attached hydrogen (secondary N) is 2. The number of hydrogen-bond acceptors (Lipinski definition) is 3. The molecule has 0 bridgehead atoms. The minimum absolute atomic E-state index is 0.0276. The maximum atomic E-state index is 11.8. The van der Waals surface area contributed by atoms with Gasteiger partial charge in [0.25, 0.3) is 0 Å². The number of aromatic hydroxyl groups is 1. The topological polar surface area (TPSA) is 61.4 Å². The van der Waals surface area contributed by atoms with Crippen LogP contribution in [-0.4, -0.2) is 30.1 Å². The number of carbonyl (C=O) groups is 1. The molecule has 0 radical (unpaired) electrons. The number of piperidine rings is 1. The molecule has 1 aromatic carbocycles. The Morgan fingerprint density at radius 1 is 1.47 bits per heavy atom. The van der Waals surface area contributed by atoms with Crippen molar-refractivity contribution in [3.05, 3.63) is 29.8 Å². The zero-order valence-electron chi connectivity index (χ0n) is 9.78. The summed E-state index contributed by atoms with van der Waals surface area (Å²) in [6, 6.07) is 7.17. The molecule has 1 amide bonds. The molecule has 92 valence electrons. The fourth-order valence-electron chi connectivity index (χ4n) is 2.09. The molecule has 4 heteroatoms. The van der Waals surface area contributed by atoms with Crippen molar-refractivity contribution < 1.29 is 9.90 Å². The number of hydrogen-bond donors (Lipinski definition) is 3. The predicted octanol–water partition coefficient (Wildman–Crippen LogP) is 0.803. The van der Waals surface area contributed by atoms with Crippen LogP contribution in [-0.2, 0) is 11.2 Å². The lowest BCUT2D eigenvalue weighted by Gasteiger charge is -2.23. The third-order valence-electron chi connectivity index (χ3n) is 3.00. The van der Waals surface area contributed by atoms with Crippen molar-refractivity contribution in [2.75, 3.05) is 13.1 Å². The number of phenols is 1. The highest BCUT2D eigenvalue weighted by atomic mass is 16.3. The Hall–Kier alpha value is -1.55. The molecule has 17 heavy (non-hydrogen) atoms. The Bertz CT molecular complexity index is 387. The van der Waals surface area contributed by atoms with Gasteiger partial charge in [-0.3, -0.25) is 4.79 Å². The highest BCUT2D eigenvalue weighted by Gasteiger charge is 2.15. The van der Waals surface area contributed by atoms with E-state index in [1.54, 1.807) is 18.2 Å². The van der Waals surface area contributed by atoms with Crippen LogP contribution in [0.1, 0.15) is 18.4 Å². The van der Waals surface area contributed by atoms with E-state index in [0.717, 1.165) is 25.9 Å². The standard InChI is InChI=1S/C13H18N2O2/c16-12-6-2-1-4-10(12)8-13(17)15-11-5-3-7-14-9-11/h1-2,4,6,11,14,16H,3,5,7-9H2,(H,15,17). The van der Waals surface area contributed by atoms with E-state index in [2.05, 4.69) is 10.6 Å². The van der Waals surface area contributed by atoms with Crippen molar-refractivity contribution >= 4 is 5.91 Å². The highest BCUT2D eigenvalue weighted by molar-refractivity contribution is 5.79. The molecule has 1 heterocycles. The monoisotopic (exact) mass is 234 g/mol. The summed E-state index contributed by atoms with van der Waals surface area (Å²) in [5.74, 6) is 0.157. The maximum Gasteiger partial charge on any atom is 0.224 e. The molecule has 1 aromatic rings. The van der Waals surface area contributed by atoms with Crippen LogP contribution in [0.15, 0.2) is 24.3 Å². The molecular weight excluding hydrogens is 216 g/mol. The first-order valence-electron chi connectivity index (χ1n) is 6.02. The third kappa shape index (κ3) is 3.46. The normalized spacial score (nSPS) is 19.9. The fourth-order valence-corrected chi connectivity index (χ4v) is 2.09. The molecule has 2 rings (SSSR count). The number of para-hydroxylation sites is 1. The largest absolute Gasteiger partial charge is 0.508 e. The Morgan fingerprint density at radius 2 is 2.29 bits per heavy atom. The van der Waals surface area contributed by atoms with Gasteiger partial charge in [0.1, 0.15) is 5.75 Å². The van der Waals surface area contributed by atoms with Crippen LogP contribution >= 0.6 is 0 Å². The first kappa shape index (κ1) is 11.9. The van der Waals surface area contributed by atoms with Gasteiger partial charge in [0, 0.05) is 18.2 Å². The minimum atomic E-state index is -0.0276. The molecule has 1 saturated heterocycles. The Balaban J connectivity index is 1.86. The summed E-state index contributed by atoms with van der Waals surface area (Å²) in [5.41, 5.74) is 0.675. The second kappa shape index (κ2) is 5.68. The fraction of sp³-hybridized carbons (Fsp3) is 0.462. The number of amides is 1. The average molecular weight is 234 g/mol. The average Bonchev–Trinajstić information content (AvgIpc) is 2.33. The van der Waals surface area contributed by atoms with Crippen molar-refractivity contribution in [3.8, 4) is 5.75 Å². The third-order valence-corrected chi connectivity index (χ3v) is 3.00. The van der Waals surface area contributed by atoms with Crippen molar-refractivity contribution in [2.45, 2.75) is 25.3 Å². The molecular formula is C13H18N2O2. The molecule has 0 aliphatic carbocycles. The van der Waals surface area contributed by atoms with Crippen molar-refractivity contribution in [1.82, 2.24) is 10.6 Å². The van der Waals surface area contributed by atoms with Gasteiger partial charge in [0.15, 0.2) is 0 Å². The van der Waals surface area contributed by atoms with Gasteiger partial charge in [-0.2, -0.15) is 0 Å². The zero-order chi connectivity index (χ0) is 12.1.